The molecule has 1 aromatic heterocycles. The number of nitrogen functional groups attached to an aromatic ring is 1. The van der Waals surface area contributed by atoms with Crippen LogP contribution in [0.2, 0.25) is 0 Å². The highest BCUT2D eigenvalue weighted by atomic mass is 32.1. The number of rotatable bonds is 1. The third-order valence-electron chi connectivity index (χ3n) is 3.00. The summed E-state index contributed by atoms with van der Waals surface area (Å²) in [5.41, 5.74) is 9.97. The molecular weight excluding hydrogens is 226 g/mol. The van der Waals surface area contributed by atoms with Crippen LogP contribution in [0.3, 0.4) is 0 Å². The Labute approximate surface area is 107 Å². The fourth-order valence-corrected chi connectivity index (χ4v) is 2.71. The van der Waals surface area contributed by atoms with Gasteiger partial charge in [0.1, 0.15) is 0 Å². The van der Waals surface area contributed by atoms with Crippen molar-refractivity contribution in [3.63, 3.8) is 0 Å². The molecule has 0 unspecified atom stereocenters. The molecule has 0 saturated heterocycles. The summed E-state index contributed by atoms with van der Waals surface area (Å²) in [4.78, 5) is 1.26. The van der Waals surface area contributed by atoms with Crippen molar-refractivity contribution >= 4 is 16.3 Å². The van der Waals surface area contributed by atoms with Gasteiger partial charge in [0.2, 0.25) is 0 Å². The third-order valence-corrected chi connectivity index (χ3v) is 3.94. The third kappa shape index (κ3) is 2.52. The van der Waals surface area contributed by atoms with Crippen LogP contribution in [-0.2, 0) is 5.41 Å². The molecule has 0 fully saturated rings. The van der Waals surface area contributed by atoms with Crippen LogP contribution in [0, 0.1) is 6.92 Å². The van der Waals surface area contributed by atoms with Gasteiger partial charge in [0.05, 0.1) is 5.00 Å². The molecule has 1 nitrogen and oxygen atoms in total. The minimum Gasteiger partial charge on any atom is -0.391 e. The number of aryl methyl sites for hydroxylation is 1. The summed E-state index contributed by atoms with van der Waals surface area (Å²) in [5.74, 6) is 0. The fraction of sp³-hybridized carbons (Fsp3) is 0.333. The zero-order chi connectivity index (χ0) is 12.6. The lowest BCUT2D eigenvalue weighted by Gasteiger charge is -2.20. The number of thiophene rings is 1. The van der Waals surface area contributed by atoms with E-state index in [9.17, 15) is 0 Å². The van der Waals surface area contributed by atoms with E-state index in [1.54, 1.807) is 11.3 Å². The number of hydrogen-bond acceptors (Lipinski definition) is 2. The Balaban J connectivity index is 2.54. The highest BCUT2D eigenvalue weighted by Gasteiger charge is 2.15. The monoisotopic (exact) mass is 245 g/mol. The van der Waals surface area contributed by atoms with E-state index in [1.807, 2.05) is 6.07 Å². The molecule has 0 aliphatic heterocycles. The highest BCUT2D eigenvalue weighted by molar-refractivity contribution is 7.19. The summed E-state index contributed by atoms with van der Waals surface area (Å²) in [6.07, 6.45) is 0. The Morgan fingerprint density at radius 2 is 1.76 bits per heavy atom. The minimum absolute atomic E-state index is 0.186. The molecule has 0 aliphatic carbocycles. The second-order valence-corrected chi connectivity index (χ2v) is 6.60. The Bertz CT molecular complexity index is 532. The van der Waals surface area contributed by atoms with Crippen LogP contribution >= 0.6 is 11.3 Å². The Hall–Kier alpha value is -1.28. The Kier molecular flexibility index (Phi) is 3.00. The van der Waals surface area contributed by atoms with Crippen LogP contribution in [0.15, 0.2) is 30.3 Å². The lowest BCUT2D eigenvalue weighted by molar-refractivity contribution is 0.590. The Morgan fingerprint density at radius 1 is 1.06 bits per heavy atom. The second kappa shape index (κ2) is 4.19. The molecule has 2 heteroatoms. The molecule has 1 aromatic carbocycles. The van der Waals surface area contributed by atoms with Crippen LogP contribution < -0.4 is 5.73 Å². The maximum Gasteiger partial charge on any atom is 0.0862 e. The van der Waals surface area contributed by atoms with Gasteiger partial charge in [-0.15, -0.1) is 11.3 Å². The highest BCUT2D eigenvalue weighted by Crippen LogP contribution is 2.34. The van der Waals surface area contributed by atoms with E-state index >= 15 is 0 Å². The van der Waals surface area contributed by atoms with Gasteiger partial charge in [-0.25, -0.2) is 0 Å². The van der Waals surface area contributed by atoms with Gasteiger partial charge in [0.15, 0.2) is 0 Å². The first-order valence-corrected chi connectivity index (χ1v) is 6.66. The largest absolute Gasteiger partial charge is 0.391 e. The zero-order valence-electron chi connectivity index (χ0n) is 10.9. The average molecular weight is 245 g/mol. The molecule has 0 atom stereocenters. The smallest absolute Gasteiger partial charge is 0.0862 e. The number of benzene rings is 1. The van der Waals surface area contributed by atoms with E-state index in [4.69, 9.17) is 5.73 Å². The van der Waals surface area contributed by atoms with E-state index in [2.05, 4.69) is 52.0 Å². The number of hydrogen-bond donors (Lipinski definition) is 1. The molecule has 0 saturated carbocycles. The van der Waals surface area contributed by atoms with E-state index in [0.29, 0.717) is 0 Å². The molecule has 90 valence electrons. The van der Waals surface area contributed by atoms with Gasteiger partial charge in [-0.2, -0.15) is 0 Å². The summed E-state index contributed by atoms with van der Waals surface area (Å²) in [6.45, 7) is 8.87. The molecule has 2 N–H and O–H groups in total. The summed E-state index contributed by atoms with van der Waals surface area (Å²) < 4.78 is 0. The van der Waals surface area contributed by atoms with Gasteiger partial charge >= 0.3 is 0 Å². The summed E-state index contributed by atoms with van der Waals surface area (Å²) in [6, 6.07) is 10.8. The van der Waals surface area contributed by atoms with Crippen molar-refractivity contribution in [1.29, 1.82) is 0 Å². The molecule has 17 heavy (non-hydrogen) atoms. The number of anilines is 1. The molecule has 0 radical (unpaired) electrons. The predicted octanol–water partition coefficient (Wildman–Crippen LogP) is 4.60. The van der Waals surface area contributed by atoms with Crippen molar-refractivity contribution in [3.05, 3.63) is 41.5 Å². The van der Waals surface area contributed by atoms with Crippen molar-refractivity contribution in [2.24, 2.45) is 0 Å². The van der Waals surface area contributed by atoms with Gasteiger partial charge in [-0.05, 0) is 47.2 Å². The van der Waals surface area contributed by atoms with Crippen LogP contribution in [0.5, 0.6) is 0 Å². The van der Waals surface area contributed by atoms with Crippen LogP contribution in [0.4, 0.5) is 5.00 Å². The van der Waals surface area contributed by atoms with Gasteiger partial charge in [-0.3, -0.25) is 0 Å². The molecule has 1 heterocycles. The molecule has 2 rings (SSSR count). The van der Waals surface area contributed by atoms with E-state index in [0.717, 1.165) is 5.00 Å². The van der Waals surface area contributed by atoms with Crippen molar-refractivity contribution in [2.75, 3.05) is 5.73 Å². The van der Waals surface area contributed by atoms with Gasteiger partial charge < -0.3 is 5.73 Å². The fourth-order valence-electron chi connectivity index (χ4n) is 1.85. The summed E-state index contributed by atoms with van der Waals surface area (Å²) in [7, 11) is 0. The first-order valence-electron chi connectivity index (χ1n) is 5.85. The second-order valence-electron chi connectivity index (χ2n) is 5.48. The van der Waals surface area contributed by atoms with Crippen molar-refractivity contribution < 1.29 is 0 Å². The summed E-state index contributed by atoms with van der Waals surface area (Å²) in [5, 5.41) is 0.876. The van der Waals surface area contributed by atoms with Crippen molar-refractivity contribution in [1.82, 2.24) is 0 Å². The van der Waals surface area contributed by atoms with E-state index in [-0.39, 0.29) is 5.41 Å². The van der Waals surface area contributed by atoms with E-state index in [1.165, 1.54) is 21.6 Å². The minimum atomic E-state index is 0.186. The molecular formula is C15H19NS. The summed E-state index contributed by atoms with van der Waals surface area (Å²) >= 11 is 1.65. The molecule has 0 spiro atoms. The van der Waals surface area contributed by atoms with Crippen LogP contribution in [-0.4, -0.2) is 0 Å². The van der Waals surface area contributed by atoms with E-state index < -0.39 is 0 Å². The van der Waals surface area contributed by atoms with Crippen LogP contribution in [0.25, 0.3) is 10.4 Å². The topological polar surface area (TPSA) is 26.0 Å². The average Bonchev–Trinajstić information content (AvgIpc) is 2.63. The van der Waals surface area contributed by atoms with Gasteiger partial charge in [0.25, 0.3) is 0 Å². The van der Waals surface area contributed by atoms with Gasteiger partial charge in [0, 0.05) is 4.88 Å². The van der Waals surface area contributed by atoms with Crippen LogP contribution in [0.1, 0.15) is 31.9 Å². The van der Waals surface area contributed by atoms with Gasteiger partial charge in [-0.1, -0.05) is 32.9 Å². The first-order chi connectivity index (χ1) is 7.88. The molecule has 0 amide bonds. The van der Waals surface area contributed by atoms with Crippen molar-refractivity contribution in [3.8, 4) is 10.4 Å². The molecule has 2 aromatic rings. The lowest BCUT2D eigenvalue weighted by atomic mass is 9.85. The maximum atomic E-state index is 5.81. The quantitative estimate of drug-likeness (QED) is 0.780. The molecule has 0 bridgehead atoms. The SMILES string of the molecule is Cc1ccc(C(C)(C)C)cc1-c1ccc(N)s1. The zero-order valence-corrected chi connectivity index (χ0v) is 11.7. The first kappa shape index (κ1) is 12.2. The number of nitrogens with two attached hydrogens (primary N) is 1. The lowest BCUT2D eigenvalue weighted by Crippen LogP contribution is -2.11. The standard InChI is InChI=1S/C15H19NS/c1-10-5-6-11(15(2,3)4)9-12(10)13-7-8-14(16)17-13/h5-9H,16H2,1-4H3. The Morgan fingerprint density at radius 3 is 2.29 bits per heavy atom. The predicted molar refractivity (Wildman–Crippen MR) is 77.6 cm³/mol. The molecule has 0 aliphatic rings. The normalized spacial score (nSPS) is 11.8. The van der Waals surface area contributed by atoms with Crippen molar-refractivity contribution in [2.45, 2.75) is 33.1 Å². The maximum absolute atomic E-state index is 5.81.